The summed E-state index contributed by atoms with van der Waals surface area (Å²) in [7, 11) is 3.18. The Morgan fingerprint density at radius 2 is 2.00 bits per heavy atom. The number of hydrogen-bond acceptors (Lipinski definition) is 4. The second-order valence-corrected chi connectivity index (χ2v) is 3.90. The maximum atomic E-state index is 13.4. The molecule has 5 heteroatoms. The number of likely N-dealkylation sites (N-methyl/N-ethyl adjacent to an activating group) is 1. The Bertz CT molecular complexity index is 356. The highest BCUT2D eigenvalue weighted by Crippen LogP contribution is 2.18. The van der Waals surface area contributed by atoms with Crippen molar-refractivity contribution in [3.05, 3.63) is 29.6 Å². The molecule has 0 aliphatic heterocycles. The van der Waals surface area contributed by atoms with E-state index < -0.39 is 5.82 Å². The molecule has 1 aromatic rings. The Hall–Kier alpha value is -1.17. The molecule has 0 bridgehead atoms. The van der Waals surface area contributed by atoms with Gasteiger partial charge in [0.2, 0.25) is 0 Å². The molecule has 0 amide bonds. The third-order valence-corrected chi connectivity index (χ3v) is 2.69. The average molecular weight is 243 g/mol. The quantitative estimate of drug-likeness (QED) is 0.769. The number of methoxy groups -OCH3 is 1. The van der Waals surface area contributed by atoms with E-state index in [1.54, 1.807) is 24.1 Å². The molecular formula is C12H18FNO3. The lowest BCUT2D eigenvalue weighted by atomic mass is 10.1. The van der Waals surface area contributed by atoms with Crippen LogP contribution in [0.25, 0.3) is 0 Å². The van der Waals surface area contributed by atoms with Gasteiger partial charge in [-0.15, -0.1) is 0 Å². The monoisotopic (exact) mass is 243 g/mol. The number of benzene rings is 1. The van der Waals surface area contributed by atoms with Crippen LogP contribution in [-0.4, -0.2) is 48.5 Å². The molecule has 0 fully saturated rings. The van der Waals surface area contributed by atoms with Crippen molar-refractivity contribution in [2.24, 2.45) is 0 Å². The van der Waals surface area contributed by atoms with Crippen LogP contribution in [-0.2, 0) is 6.54 Å². The minimum Gasteiger partial charge on any atom is -0.494 e. The fourth-order valence-corrected chi connectivity index (χ4v) is 1.56. The van der Waals surface area contributed by atoms with Crippen LogP contribution >= 0.6 is 0 Å². The second kappa shape index (κ2) is 6.54. The van der Waals surface area contributed by atoms with Crippen LogP contribution in [0.2, 0.25) is 0 Å². The van der Waals surface area contributed by atoms with Crippen molar-refractivity contribution in [3.8, 4) is 5.75 Å². The summed E-state index contributed by atoms with van der Waals surface area (Å²) < 4.78 is 18.2. The van der Waals surface area contributed by atoms with Crippen LogP contribution < -0.4 is 4.74 Å². The first-order chi connectivity index (χ1) is 8.12. The summed E-state index contributed by atoms with van der Waals surface area (Å²) in [6.07, 6.45) is 0. The van der Waals surface area contributed by atoms with Crippen LogP contribution in [0.4, 0.5) is 4.39 Å². The molecule has 2 N–H and O–H groups in total. The molecule has 4 nitrogen and oxygen atoms in total. The van der Waals surface area contributed by atoms with Crippen LogP contribution in [0.5, 0.6) is 5.75 Å². The van der Waals surface area contributed by atoms with Gasteiger partial charge in [-0.05, 0) is 24.7 Å². The van der Waals surface area contributed by atoms with Crippen LogP contribution in [0.15, 0.2) is 18.2 Å². The molecule has 0 radical (unpaired) electrons. The Labute approximate surface area is 100 Å². The second-order valence-electron chi connectivity index (χ2n) is 3.90. The average Bonchev–Trinajstić information content (AvgIpc) is 2.31. The summed E-state index contributed by atoms with van der Waals surface area (Å²) in [6.45, 7) is 0.184. The highest BCUT2D eigenvalue weighted by Gasteiger charge is 2.13. The molecule has 1 rings (SSSR count). The standard InChI is InChI=1S/C12H18FNO3/c1-14(10(7-15)8-16)6-9-3-4-12(17-2)11(13)5-9/h3-5,10,15-16H,6-8H2,1-2H3. The van der Waals surface area contributed by atoms with Crippen LogP contribution in [0.3, 0.4) is 0 Å². The van der Waals surface area contributed by atoms with Gasteiger partial charge in [-0.2, -0.15) is 0 Å². The first kappa shape index (κ1) is 13.9. The van der Waals surface area contributed by atoms with Crippen molar-refractivity contribution in [2.75, 3.05) is 27.4 Å². The number of aliphatic hydroxyl groups excluding tert-OH is 2. The normalized spacial score (nSPS) is 11.2. The summed E-state index contributed by atoms with van der Waals surface area (Å²) in [5, 5.41) is 18.0. The van der Waals surface area contributed by atoms with E-state index in [1.807, 2.05) is 0 Å². The van der Waals surface area contributed by atoms with Crippen LogP contribution in [0.1, 0.15) is 5.56 Å². The van der Waals surface area contributed by atoms with Gasteiger partial charge >= 0.3 is 0 Å². The largest absolute Gasteiger partial charge is 0.494 e. The predicted octanol–water partition coefficient (Wildman–Crippen LogP) is 0.619. The topological polar surface area (TPSA) is 52.9 Å². The van der Waals surface area contributed by atoms with E-state index in [-0.39, 0.29) is 25.0 Å². The molecule has 1 aromatic carbocycles. The molecule has 0 unspecified atom stereocenters. The van der Waals surface area contributed by atoms with E-state index in [4.69, 9.17) is 14.9 Å². The maximum absolute atomic E-state index is 13.4. The zero-order valence-corrected chi connectivity index (χ0v) is 10.1. The van der Waals surface area contributed by atoms with Gasteiger partial charge in [0.05, 0.1) is 26.4 Å². The van der Waals surface area contributed by atoms with Crippen molar-refractivity contribution < 1.29 is 19.3 Å². The third kappa shape index (κ3) is 3.66. The molecule has 0 aliphatic carbocycles. The number of rotatable bonds is 6. The minimum absolute atomic E-state index is 0.133. The number of nitrogens with zero attached hydrogens (tertiary/aromatic N) is 1. The van der Waals surface area contributed by atoms with Gasteiger partial charge in [-0.1, -0.05) is 6.07 Å². The Morgan fingerprint density at radius 1 is 1.35 bits per heavy atom. The van der Waals surface area contributed by atoms with Crippen molar-refractivity contribution in [1.29, 1.82) is 0 Å². The fourth-order valence-electron chi connectivity index (χ4n) is 1.56. The maximum Gasteiger partial charge on any atom is 0.165 e. The van der Waals surface area contributed by atoms with E-state index in [9.17, 15) is 4.39 Å². The first-order valence-electron chi connectivity index (χ1n) is 5.36. The molecule has 0 atom stereocenters. The summed E-state index contributed by atoms with van der Waals surface area (Å²) in [4.78, 5) is 1.77. The summed E-state index contributed by atoms with van der Waals surface area (Å²) in [5.74, 6) is -0.208. The van der Waals surface area contributed by atoms with Gasteiger partial charge in [-0.25, -0.2) is 4.39 Å². The molecule has 0 saturated carbocycles. The Morgan fingerprint density at radius 3 is 2.47 bits per heavy atom. The van der Waals surface area contributed by atoms with Gasteiger partial charge in [-0.3, -0.25) is 4.90 Å². The lowest BCUT2D eigenvalue weighted by Crippen LogP contribution is -2.37. The smallest absolute Gasteiger partial charge is 0.165 e. The summed E-state index contributed by atoms with van der Waals surface area (Å²) >= 11 is 0. The third-order valence-electron chi connectivity index (χ3n) is 2.69. The van der Waals surface area contributed by atoms with E-state index in [2.05, 4.69) is 0 Å². The number of halogens is 1. The first-order valence-corrected chi connectivity index (χ1v) is 5.36. The van der Waals surface area contributed by atoms with E-state index in [0.29, 0.717) is 6.54 Å². The zero-order valence-electron chi connectivity index (χ0n) is 10.1. The van der Waals surface area contributed by atoms with Crippen molar-refractivity contribution in [2.45, 2.75) is 12.6 Å². The van der Waals surface area contributed by atoms with Crippen LogP contribution in [0, 0.1) is 5.82 Å². The number of aliphatic hydroxyl groups is 2. The molecular weight excluding hydrogens is 225 g/mol. The Balaban J connectivity index is 2.71. The van der Waals surface area contributed by atoms with Crippen molar-refractivity contribution >= 4 is 0 Å². The lowest BCUT2D eigenvalue weighted by molar-refractivity contribution is 0.0873. The SMILES string of the molecule is COc1ccc(CN(C)C(CO)CO)cc1F. The van der Waals surface area contributed by atoms with Crippen molar-refractivity contribution in [1.82, 2.24) is 4.90 Å². The van der Waals surface area contributed by atoms with E-state index in [1.165, 1.54) is 13.2 Å². The molecule has 0 aromatic heterocycles. The molecule has 0 spiro atoms. The summed E-state index contributed by atoms with van der Waals surface area (Å²) in [6, 6.07) is 4.37. The predicted molar refractivity (Wildman–Crippen MR) is 62.4 cm³/mol. The number of ether oxygens (including phenoxy) is 1. The zero-order chi connectivity index (χ0) is 12.8. The molecule has 0 heterocycles. The fraction of sp³-hybridized carbons (Fsp3) is 0.500. The summed E-state index contributed by atoms with van der Waals surface area (Å²) in [5.41, 5.74) is 0.762. The molecule has 0 saturated heterocycles. The molecule has 0 aliphatic rings. The Kier molecular flexibility index (Phi) is 5.34. The highest BCUT2D eigenvalue weighted by atomic mass is 19.1. The minimum atomic E-state index is -0.414. The van der Waals surface area contributed by atoms with E-state index >= 15 is 0 Å². The van der Waals surface area contributed by atoms with Gasteiger partial charge < -0.3 is 14.9 Å². The van der Waals surface area contributed by atoms with Gasteiger partial charge in [0, 0.05) is 6.54 Å². The molecule has 17 heavy (non-hydrogen) atoms. The van der Waals surface area contributed by atoms with Gasteiger partial charge in [0.1, 0.15) is 0 Å². The number of hydrogen-bond donors (Lipinski definition) is 2. The van der Waals surface area contributed by atoms with E-state index in [0.717, 1.165) is 5.56 Å². The lowest BCUT2D eigenvalue weighted by Gasteiger charge is -2.24. The molecule has 96 valence electrons. The van der Waals surface area contributed by atoms with Crippen molar-refractivity contribution in [3.63, 3.8) is 0 Å². The van der Waals surface area contributed by atoms with Gasteiger partial charge in [0.25, 0.3) is 0 Å². The van der Waals surface area contributed by atoms with Gasteiger partial charge in [0.15, 0.2) is 11.6 Å². The highest BCUT2D eigenvalue weighted by molar-refractivity contribution is 5.29.